The fourth-order valence-electron chi connectivity index (χ4n) is 2.82. The lowest BCUT2D eigenvalue weighted by atomic mass is 10.2. The standard InChI is InChI=1S/C16H23N7O2/c1-4-13-18-16(25-21-13)11(2)22-7-9-23(10-8-22)14-6-5-12(19-20-14)15(24)17-3/h5-6,11H,4,7-10H2,1-3H3,(H,17,24). The van der Waals surface area contributed by atoms with Gasteiger partial charge in [0.15, 0.2) is 17.3 Å². The second-order valence-electron chi connectivity index (χ2n) is 5.96. The highest BCUT2D eigenvalue weighted by atomic mass is 16.5. The second-order valence-corrected chi connectivity index (χ2v) is 5.96. The molecule has 9 nitrogen and oxygen atoms in total. The van der Waals surface area contributed by atoms with Crippen molar-refractivity contribution in [1.82, 2.24) is 30.6 Å². The predicted octanol–water partition coefficient (Wildman–Crippen LogP) is 0.665. The first-order valence-electron chi connectivity index (χ1n) is 8.49. The first-order chi connectivity index (χ1) is 12.1. The van der Waals surface area contributed by atoms with E-state index >= 15 is 0 Å². The van der Waals surface area contributed by atoms with Crippen LogP contribution >= 0.6 is 0 Å². The number of anilines is 1. The molecule has 0 aromatic carbocycles. The molecular weight excluding hydrogens is 322 g/mol. The van der Waals surface area contributed by atoms with Crippen LogP contribution in [0.1, 0.15) is 42.1 Å². The molecule has 1 aliphatic rings. The van der Waals surface area contributed by atoms with Crippen molar-refractivity contribution < 1.29 is 9.32 Å². The number of aryl methyl sites for hydroxylation is 1. The zero-order chi connectivity index (χ0) is 17.8. The van der Waals surface area contributed by atoms with Gasteiger partial charge in [0, 0.05) is 39.6 Å². The Balaban J connectivity index is 1.58. The lowest BCUT2D eigenvalue weighted by Gasteiger charge is -2.37. The Kier molecular flexibility index (Phi) is 5.22. The second kappa shape index (κ2) is 7.56. The Morgan fingerprint density at radius 1 is 1.28 bits per heavy atom. The molecule has 3 rings (SSSR count). The van der Waals surface area contributed by atoms with E-state index in [9.17, 15) is 4.79 Å². The van der Waals surface area contributed by atoms with Gasteiger partial charge in [-0.15, -0.1) is 10.2 Å². The summed E-state index contributed by atoms with van der Waals surface area (Å²) in [6, 6.07) is 3.62. The van der Waals surface area contributed by atoms with E-state index in [4.69, 9.17) is 4.52 Å². The van der Waals surface area contributed by atoms with Crippen LogP contribution in [0.4, 0.5) is 5.82 Å². The van der Waals surface area contributed by atoms with Gasteiger partial charge >= 0.3 is 0 Å². The Hall–Kier alpha value is -2.55. The number of aromatic nitrogens is 4. The first-order valence-corrected chi connectivity index (χ1v) is 8.49. The predicted molar refractivity (Wildman–Crippen MR) is 91.3 cm³/mol. The minimum atomic E-state index is -0.233. The van der Waals surface area contributed by atoms with Crippen molar-refractivity contribution in [3.05, 3.63) is 29.5 Å². The molecule has 2 aromatic rings. The summed E-state index contributed by atoms with van der Waals surface area (Å²) in [6.07, 6.45) is 0.773. The largest absolute Gasteiger partial charge is 0.354 e. The summed E-state index contributed by atoms with van der Waals surface area (Å²) in [7, 11) is 1.57. The zero-order valence-electron chi connectivity index (χ0n) is 14.8. The number of carbonyl (C=O) groups excluding carboxylic acids is 1. The van der Waals surface area contributed by atoms with Gasteiger partial charge in [-0.2, -0.15) is 4.98 Å². The Bertz CT molecular complexity index is 708. The molecule has 134 valence electrons. The summed E-state index contributed by atoms with van der Waals surface area (Å²) >= 11 is 0. The highest BCUT2D eigenvalue weighted by molar-refractivity contribution is 5.91. The van der Waals surface area contributed by atoms with Crippen molar-refractivity contribution in [2.75, 3.05) is 38.1 Å². The summed E-state index contributed by atoms with van der Waals surface area (Å²) in [5.74, 6) is 1.96. The fourth-order valence-corrected chi connectivity index (χ4v) is 2.82. The summed E-state index contributed by atoms with van der Waals surface area (Å²) in [5.41, 5.74) is 0.321. The summed E-state index contributed by atoms with van der Waals surface area (Å²) < 4.78 is 5.35. The number of nitrogens with one attached hydrogen (secondary N) is 1. The monoisotopic (exact) mass is 345 g/mol. The van der Waals surface area contributed by atoms with Gasteiger partial charge in [-0.3, -0.25) is 9.69 Å². The van der Waals surface area contributed by atoms with Gasteiger partial charge < -0.3 is 14.7 Å². The molecule has 1 N–H and O–H groups in total. The number of carbonyl (C=O) groups is 1. The number of piperazine rings is 1. The number of hydrogen-bond acceptors (Lipinski definition) is 8. The maximum absolute atomic E-state index is 11.5. The Morgan fingerprint density at radius 3 is 2.60 bits per heavy atom. The van der Waals surface area contributed by atoms with Gasteiger partial charge in [-0.05, 0) is 19.1 Å². The third-order valence-electron chi connectivity index (χ3n) is 4.45. The van der Waals surface area contributed by atoms with E-state index in [0.29, 0.717) is 11.6 Å². The van der Waals surface area contributed by atoms with Crippen LogP contribution in [0.3, 0.4) is 0 Å². The highest BCUT2D eigenvalue weighted by Gasteiger charge is 2.26. The molecular formula is C16H23N7O2. The maximum Gasteiger partial charge on any atom is 0.271 e. The number of rotatable bonds is 5. The van der Waals surface area contributed by atoms with Gasteiger partial charge in [0.2, 0.25) is 5.89 Å². The third-order valence-corrected chi connectivity index (χ3v) is 4.45. The average molecular weight is 345 g/mol. The highest BCUT2D eigenvalue weighted by Crippen LogP contribution is 2.22. The van der Waals surface area contributed by atoms with E-state index in [1.165, 1.54) is 0 Å². The number of hydrogen-bond donors (Lipinski definition) is 1. The average Bonchev–Trinajstić information content (AvgIpc) is 3.16. The molecule has 9 heteroatoms. The lowest BCUT2D eigenvalue weighted by Crippen LogP contribution is -2.47. The van der Waals surface area contributed by atoms with Crippen LogP contribution < -0.4 is 10.2 Å². The summed E-state index contributed by atoms with van der Waals surface area (Å²) in [6.45, 7) is 7.48. The van der Waals surface area contributed by atoms with Gasteiger partial charge in [-0.25, -0.2) is 0 Å². The van der Waals surface area contributed by atoms with Crippen molar-refractivity contribution in [3.8, 4) is 0 Å². The molecule has 1 atom stereocenters. The molecule has 3 heterocycles. The van der Waals surface area contributed by atoms with Crippen LogP contribution in [0, 0.1) is 0 Å². The van der Waals surface area contributed by atoms with Crippen LogP contribution in [0.5, 0.6) is 0 Å². The minimum Gasteiger partial charge on any atom is -0.354 e. The van der Waals surface area contributed by atoms with E-state index in [2.05, 4.69) is 42.4 Å². The quantitative estimate of drug-likeness (QED) is 0.844. The molecule has 1 amide bonds. The van der Waals surface area contributed by atoms with E-state index in [1.54, 1.807) is 13.1 Å². The maximum atomic E-state index is 11.5. The molecule has 1 aliphatic heterocycles. The molecule has 25 heavy (non-hydrogen) atoms. The lowest BCUT2D eigenvalue weighted by molar-refractivity contribution is 0.0957. The fraction of sp³-hybridized carbons (Fsp3) is 0.562. The normalized spacial score (nSPS) is 16.7. The Morgan fingerprint density at radius 2 is 2.04 bits per heavy atom. The molecule has 1 unspecified atom stereocenters. The van der Waals surface area contributed by atoms with Gasteiger partial charge in [0.25, 0.3) is 5.91 Å². The van der Waals surface area contributed by atoms with Gasteiger partial charge in [0.05, 0.1) is 6.04 Å². The molecule has 0 bridgehead atoms. The van der Waals surface area contributed by atoms with Crippen molar-refractivity contribution in [1.29, 1.82) is 0 Å². The van der Waals surface area contributed by atoms with Crippen LogP contribution in [0.15, 0.2) is 16.7 Å². The first kappa shape index (κ1) is 17.3. The van der Waals surface area contributed by atoms with Crippen molar-refractivity contribution in [2.45, 2.75) is 26.3 Å². The van der Waals surface area contributed by atoms with E-state index in [-0.39, 0.29) is 11.9 Å². The third kappa shape index (κ3) is 3.76. The molecule has 1 saturated heterocycles. The minimum absolute atomic E-state index is 0.0941. The van der Waals surface area contributed by atoms with Crippen LogP contribution in [-0.2, 0) is 6.42 Å². The zero-order valence-corrected chi connectivity index (χ0v) is 14.8. The van der Waals surface area contributed by atoms with Crippen LogP contribution in [0.2, 0.25) is 0 Å². The molecule has 2 aromatic heterocycles. The molecule has 1 fully saturated rings. The molecule has 0 radical (unpaired) electrons. The van der Waals surface area contributed by atoms with E-state index < -0.39 is 0 Å². The Labute approximate surface area is 146 Å². The van der Waals surface area contributed by atoms with E-state index in [0.717, 1.165) is 44.2 Å². The topological polar surface area (TPSA) is 100 Å². The smallest absolute Gasteiger partial charge is 0.271 e. The number of amides is 1. The SMILES string of the molecule is CCc1noc(C(C)N2CCN(c3ccc(C(=O)NC)nn3)CC2)n1. The molecule has 0 spiro atoms. The number of nitrogens with zero attached hydrogens (tertiary/aromatic N) is 6. The van der Waals surface area contributed by atoms with Crippen LogP contribution in [-0.4, -0.2) is 64.4 Å². The van der Waals surface area contributed by atoms with Crippen molar-refractivity contribution in [2.24, 2.45) is 0 Å². The van der Waals surface area contributed by atoms with Crippen LogP contribution in [0.25, 0.3) is 0 Å². The van der Waals surface area contributed by atoms with Gasteiger partial charge in [-0.1, -0.05) is 12.1 Å². The van der Waals surface area contributed by atoms with Crippen molar-refractivity contribution in [3.63, 3.8) is 0 Å². The molecule has 0 saturated carbocycles. The molecule has 0 aliphatic carbocycles. The van der Waals surface area contributed by atoms with E-state index in [1.807, 2.05) is 13.0 Å². The summed E-state index contributed by atoms with van der Waals surface area (Å²) in [5, 5.41) is 14.7. The summed E-state index contributed by atoms with van der Waals surface area (Å²) in [4.78, 5) is 20.4. The van der Waals surface area contributed by atoms with Gasteiger partial charge in [0.1, 0.15) is 0 Å². The van der Waals surface area contributed by atoms with Crippen molar-refractivity contribution >= 4 is 11.7 Å².